The fraction of sp³-hybridized carbons (Fsp3) is 0.471. The predicted molar refractivity (Wildman–Crippen MR) is 169 cm³/mol. The molecule has 8 heteroatoms. The standard InChI is InChI=1S/C34H46N4O4/c1-27-7-3-5-9-33(27)37-19-15-35(16-20-37)23-29(39)25-41-31-11-13-32(14-12-31)42-26-30(40)24-36-17-21-38(22-18-36)34-10-6-4-8-28(34)2/h3-14,29-30,39-40H,15-26H2,1-2H3/t29-,30-/m1/s1. The molecule has 8 nitrogen and oxygen atoms in total. The summed E-state index contributed by atoms with van der Waals surface area (Å²) in [6.45, 7) is 13.5. The van der Waals surface area contributed by atoms with E-state index in [2.05, 4.69) is 82.0 Å². The lowest BCUT2D eigenvalue weighted by Crippen LogP contribution is -2.49. The summed E-state index contributed by atoms with van der Waals surface area (Å²) in [5.74, 6) is 1.38. The SMILES string of the molecule is Cc1ccccc1N1CCN(C[C@@H](O)COc2ccc(OC[C@H](O)CN3CCN(c4ccccc4C)CC3)cc2)CC1. The van der Waals surface area contributed by atoms with Crippen molar-refractivity contribution in [2.24, 2.45) is 0 Å². The van der Waals surface area contributed by atoms with Gasteiger partial charge >= 0.3 is 0 Å². The smallest absolute Gasteiger partial charge is 0.119 e. The molecular weight excluding hydrogens is 528 g/mol. The van der Waals surface area contributed by atoms with E-state index in [9.17, 15) is 10.2 Å². The molecule has 0 spiro atoms. The van der Waals surface area contributed by atoms with Crippen LogP contribution in [0.4, 0.5) is 11.4 Å². The normalized spacial score (nSPS) is 18.1. The molecule has 2 heterocycles. The topological polar surface area (TPSA) is 71.9 Å². The number of aryl methyl sites for hydroxylation is 2. The summed E-state index contributed by atoms with van der Waals surface area (Å²) in [5.41, 5.74) is 5.21. The van der Waals surface area contributed by atoms with Crippen LogP contribution < -0.4 is 19.3 Å². The summed E-state index contributed by atoms with van der Waals surface area (Å²) in [4.78, 5) is 9.45. The minimum atomic E-state index is -0.556. The second kappa shape index (κ2) is 14.7. The van der Waals surface area contributed by atoms with Gasteiger partial charge in [-0.1, -0.05) is 36.4 Å². The second-order valence-corrected chi connectivity index (χ2v) is 11.5. The van der Waals surface area contributed by atoms with Crippen molar-refractivity contribution in [2.75, 3.05) is 88.5 Å². The Morgan fingerprint density at radius 3 is 1.26 bits per heavy atom. The molecule has 3 aromatic rings. The van der Waals surface area contributed by atoms with Crippen molar-refractivity contribution in [1.82, 2.24) is 9.80 Å². The van der Waals surface area contributed by atoms with Gasteiger partial charge in [0.2, 0.25) is 0 Å². The lowest BCUT2D eigenvalue weighted by molar-refractivity contribution is 0.0650. The Bertz CT molecular complexity index is 1140. The summed E-state index contributed by atoms with van der Waals surface area (Å²) in [7, 11) is 0. The van der Waals surface area contributed by atoms with E-state index < -0.39 is 12.2 Å². The monoisotopic (exact) mass is 574 g/mol. The zero-order chi connectivity index (χ0) is 29.3. The van der Waals surface area contributed by atoms with E-state index in [1.807, 2.05) is 24.3 Å². The maximum atomic E-state index is 10.6. The number of piperazine rings is 2. The molecular formula is C34H46N4O4. The van der Waals surface area contributed by atoms with Crippen molar-refractivity contribution in [3.05, 3.63) is 83.9 Å². The molecule has 2 aliphatic heterocycles. The van der Waals surface area contributed by atoms with Gasteiger partial charge in [-0.05, 0) is 61.4 Å². The lowest BCUT2D eigenvalue weighted by Gasteiger charge is -2.37. The van der Waals surface area contributed by atoms with Gasteiger partial charge in [0, 0.05) is 76.8 Å². The Hall–Kier alpha value is -3.30. The summed E-state index contributed by atoms with van der Waals surface area (Å²) in [5, 5.41) is 21.1. The van der Waals surface area contributed by atoms with Gasteiger partial charge in [0.1, 0.15) is 36.9 Å². The number of hydrogen-bond donors (Lipinski definition) is 2. The molecule has 3 aromatic carbocycles. The minimum absolute atomic E-state index is 0.244. The molecule has 2 fully saturated rings. The molecule has 0 radical (unpaired) electrons. The van der Waals surface area contributed by atoms with Crippen LogP contribution in [0.15, 0.2) is 72.8 Å². The minimum Gasteiger partial charge on any atom is -0.491 e. The van der Waals surface area contributed by atoms with E-state index >= 15 is 0 Å². The van der Waals surface area contributed by atoms with Gasteiger partial charge < -0.3 is 29.5 Å². The van der Waals surface area contributed by atoms with Gasteiger partial charge in [-0.25, -0.2) is 0 Å². The first kappa shape index (κ1) is 30.2. The predicted octanol–water partition coefficient (Wildman–Crippen LogP) is 3.43. The van der Waals surface area contributed by atoms with Gasteiger partial charge in [-0.2, -0.15) is 0 Å². The summed E-state index contributed by atoms with van der Waals surface area (Å²) < 4.78 is 11.7. The van der Waals surface area contributed by atoms with Gasteiger partial charge in [0.15, 0.2) is 0 Å². The Morgan fingerprint density at radius 1 is 0.548 bits per heavy atom. The number of aliphatic hydroxyl groups is 2. The quantitative estimate of drug-likeness (QED) is 0.341. The molecule has 42 heavy (non-hydrogen) atoms. The first-order chi connectivity index (χ1) is 20.4. The van der Waals surface area contributed by atoms with Crippen LogP contribution in [0.3, 0.4) is 0 Å². The number of β-amino-alcohol motifs (C(OH)–C–C–N with tert-alkyl or cyclic N) is 2. The zero-order valence-electron chi connectivity index (χ0n) is 25.1. The number of benzene rings is 3. The maximum absolute atomic E-state index is 10.6. The first-order valence-electron chi connectivity index (χ1n) is 15.2. The van der Waals surface area contributed by atoms with Gasteiger partial charge in [0.05, 0.1) is 0 Å². The molecule has 0 amide bonds. The van der Waals surface area contributed by atoms with Crippen LogP contribution in [0, 0.1) is 13.8 Å². The number of para-hydroxylation sites is 2. The molecule has 0 aromatic heterocycles. The third-order valence-electron chi connectivity index (χ3n) is 8.30. The second-order valence-electron chi connectivity index (χ2n) is 11.5. The van der Waals surface area contributed by atoms with Crippen LogP contribution >= 0.6 is 0 Å². The Labute approximate surface area is 250 Å². The number of anilines is 2. The van der Waals surface area contributed by atoms with Crippen molar-refractivity contribution in [3.63, 3.8) is 0 Å². The molecule has 0 saturated carbocycles. The van der Waals surface area contributed by atoms with Crippen LogP contribution in [0.5, 0.6) is 11.5 Å². The van der Waals surface area contributed by atoms with Crippen LogP contribution in [-0.2, 0) is 0 Å². The molecule has 5 rings (SSSR count). The maximum Gasteiger partial charge on any atom is 0.119 e. The van der Waals surface area contributed by atoms with E-state index in [1.54, 1.807) is 0 Å². The van der Waals surface area contributed by atoms with Crippen molar-refractivity contribution in [2.45, 2.75) is 26.1 Å². The highest BCUT2D eigenvalue weighted by atomic mass is 16.5. The number of ether oxygens (including phenoxy) is 2. The van der Waals surface area contributed by atoms with Crippen molar-refractivity contribution >= 4 is 11.4 Å². The van der Waals surface area contributed by atoms with Gasteiger partial charge in [-0.15, -0.1) is 0 Å². The Kier molecular flexibility index (Phi) is 10.6. The van der Waals surface area contributed by atoms with Crippen molar-refractivity contribution < 1.29 is 19.7 Å². The number of aliphatic hydroxyl groups excluding tert-OH is 2. The summed E-state index contributed by atoms with van der Waals surface area (Å²) in [6, 6.07) is 24.4. The van der Waals surface area contributed by atoms with Crippen LogP contribution in [0.2, 0.25) is 0 Å². The van der Waals surface area contributed by atoms with E-state index in [0.717, 1.165) is 52.4 Å². The largest absolute Gasteiger partial charge is 0.491 e. The average molecular weight is 575 g/mol. The fourth-order valence-electron chi connectivity index (χ4n) is 5.90. The highest BCUT2D eigenvalue weighted by Crippen LogP contribution is 2.23. The molecule has 0 aliphatic carbocycles. The number of rotatable bonds is 12. The number of nitrogens with zero attached hydrogens (tertiary/aromatic N) is 4. The Balaban J connectivity index is 0.960. The van der Waals surface area contributed by atoms with E-state index in [-0.39, 0.29) is 13.2 Å². The van der Waals surface area contributed by atoms with E-state index in [1.165, 1.54) is 22.5 Å². The van der Waals surface area contributed by atoms with E-state index in [4.69, 9.17) is 9.47 Å². The third-order valence-corrected chi connectivity index (χ3v) is 8.30. The summed E-state index contributed by atoms with van der Waals surface area (Å²) >= 11 is 0. The van der Waals surface area contributed by atoms with Crippen LogP contribution in [0.1, 0.15) is 11.1 Å². The van der Waals surface area contributed by atoms with E-state index in [0.29, 0.717) is 24.6 Å². The fourth-order valence-corrected chi connectivity index (χ4v) is 5.90. The zero-order valence-corrected chi connectivity index (χ0v) is 25.1. The molecule has 2 saturated heterocycles. The Morgan fingerprint density at radius 2 is 0.905 bits per heavy atom. The van der Waals surface area contributed by atoms with Crippen LogP contribution in [0.25, 0.3) is 0 Å². The van der Waals surface area contributed by atoms with Gasteiger partial charge in [0.25, 0.3) is 0 Å². The molecule has 0 unspecified atom stereocenters. The highest BCUT2D eigenvalue weighted by molar-refractivity contribution is 5.54. The van der Waals surface area contributed by atoms with Crippen molar-refractivity contribution in [1.29, 1.82) is 0 Å². The third kappa shape index (κ3) is 8.38. The molecule has 2 aliphatic rings. The highest BCUT2D eigenvalue weighted by Gasteiger charge is 2.22. The molecule has 0 bridgehead atoms. The number of hydrogen-bond acceptors (Lipinski definition) is 8. The summed E-state index contributed by atoms with van der Waals surface area (Å²) in [6.07, 6.45) is -1.11. The molecule has 2 atom stereocenters. The molecule has 2 N–H and O–H groups in total. The van der Waals surface area contributed by atoms with Crippen molar-refractivity contribution in [3.8, 4) is 11.5 Å². The average Bonchev–Trinajstić information content (AvgIpc) is 3.01. The molecule has 226 valence electrons. The first-order valence-corrected chi connectivity index (χ1v) is 15.2. The van der Waals surface area contributed by atoms with Crippen LogP contribution in [-0.4, -0.2) is 111 Å². The van der Waals surface area contributed by atoms with Gasteiger partial charge in [-0.3, -0.25) is 9.80 Å². The lowest BCUT2D eigenvalue weighted by atomic mass is 10.1.